The first-order valence-electron chi connectivity index (χ1n) is 5.17. The smallest absolute Gasteiger partial charge is 0.278 e. The van der Waals surface area contributed by atoms with Crippen molar-refractivity contribution in [1.29, 1.82) is 0 Å². The standard InChI is InChI=1S/C10H16F4OS/c1-2-9(15)16-7-4-8(12)10(13,14)5-3-6-11/h8H,2-7H2,1H3. The van der Waals surface area contributed by atoms with E-state index in [-0.39, 0.29) is 23.7 Å². The van der Waals surface area contributed by atoms with Crippen molar-refractivity contribution in [2.24, 2.45) is 0 Å². The van der Waals surface area contributed by atoms with E-state index in [0.29, 0.717) is 6.42 Å². The molecule has 0 aromatic carbocycles. The minimum atomic E-state index is -3.48. The number of halogens is 4. The predicted molar refractivity (Wildman–Crippen MR) is 57.4 cm³/mol. The largest absolute Gasteiger partial charge is 0.287 e. The Morgan fingerprint density at radius 3 is 2.56 bits per heavy atom. The van der Waals surface area contributed by atoms with Crippen LogP contribution in [0.2, 0.25) is 0 Å². The lowest BCUT2D eigenvalue weighted by molar-refractivity contribution is -0.110. The van der Waals surface area contributed by atoms with E-state index in [1.165, 1.54) is 0 Å². The van der Waals surface area contributed by atoms with E-state index in [2.05, 4.69) is 0 Å². The first-order valence-corrected chi connectivity index (χ1v) is 6.16. The lowest BCUT2D eigenvalue weighted by atomic mass is 10.1. The predicted octanol–water partition coefficient (Wildman–Crippen LogP) is 3.77. The number of thioether (sulfide) groups is 1. The maximum atomic E-state index is 13.1. The summed E-state index contributed by atoms with van der Waals surface area (Å²) in [6.45, 7) is 0.781. The Balaban J connectivity index is 3.85. The van der Waals surface area contributed by atoms with E-state index in [9.17, 15) is 22.4 Å². The first kappa shape index (κ1) is 15.7. The zero-order valence-electron chi connectivity index (χ0n) is 9.15. The summed E-state index contributed by atoms with van der Waals surface area (Å²) in [4.78, 5) is 10.8. The Labute approximate surface area is 97.0 Å². The van der Waals surface area contributed by atoms with Crippen molar-refractivity contribution in [2.75, 3.05) is 12.4 Å². The van der Waals surface area contributed by atoms with Crippen LogP contribution in [0.15, 0.2) is 0 Å². The van der Waals surface area contributed by atoms with Crippen LogP contribution < -0.4 is 0 Å². The molecular weight excluding hydrogens is 244 g/mol. The molecule has 96 valence electrons. The van der Waals surface area contributed by atoms with Crippen LogP contribution >= 0.6 is 11.8 Å². The summed E-state index contributed by atoms with van der Waals surface area (Å²) < 4.78 is 50.7. The van der Waals surface area contributed by atoms with Crippen LogP contribution in [-0.4, -0.2) is 29.6 Å². The number of rotatable bonds is 8. The fraction of sp³-hybridized carbons (Fsp3) is 0.900. The molecule has 0 aliphatic carbocycles. The molecule has 0 spiro atoms. The van der Waals surface area contributed by atoms with E-state index < -0.39 is 25.2 Å². The molecule has 0 fully saturated rings. The van der Waals surface area contributed by atoms with Crippen molar-refractivity contribution in [3.63, 3.8) is 0 Å². The van der Waals surface area contributed by atoms with E-state index in [4.69, 9.17) is 0 Å². The Hall–Kier alpha value is -0.260. The lowest BCUT2D eigenvalue weighted by Gasteiger charge is -2.19. The minimum Gasteiger partial charge on any atom is -0.287 e. The molecule has 0 bridgehead atoms. The van der Waals surface area contributed by atoms with Gasteiger partial charge in [0.05, 0.1) is 6.67 Å². The van der Waals surface area contributed by atoms with E-state index in [1.807, 2.05) is 0 Å². The van der Waals surface area contributed by atoms with Crippen LogP contribution in [0.5, 0.6) is 0 Å². The van der Waals surface area contributed by atoms with Gasteiger partial charge in [-0.3, -0.25) is 9.18 Å². The Morgan fingerprint density at radius 1 is 1.44 bits per heavy atom. The van der Waals surface area contributed by atoms with Crippen molar-refractivity contribution >= 4 is 16.9 Å². The maximum Gasteiger partial charge on any atom is 0.278 e. The molecule has 0 aromatic heterocycles. The van der Waals surface area contributed by atoms with E-state index in [1.54, 1.807) is 6.92 Å². The maximum absolute atomic E-state index is 13.1. The number of alkyl halides is 4. The van der Waals surface area contributed by atoms with Gasteiger partial charge in [0.25, 0.3) is 5.92 Å². The zero-order chi connectivity index (χ0) is 12.6. The number of carbonyl (C=O) groups is 1. The van der Waals surface area contributed by atoms with Crippen molar-refractivity contribution in [3.8, 4) is 0 Å². The third kappa shape index (κ3) is 6.35. The van der Waals surface area contributed by atoms with E-state index in [0.717, 1.165) is 11.8 Å². The molecule has 0 N–H and O–H groups in total. The number of hydrogen-bond donors (Lipinski definition) is 0. The average Bonchev–Trinajstić information content (AvgIpc) is 2.25. The Morgan fingerprint density at radius 2 is 2.06 bits per heavy atom. The van der Waals surface area contributed by atoms with Gasteiger partial charge in [-0.2, -0.15) is 0 Å². The van der Waals surface area contributed by atoms with Gasteiger partial charge >= 0.3 is 0 Å². The summed E-state index contributed by atoms with van der Waals surface area (Å²) in [7, 11) is 0. The fourth-order valence-electron chi connectivity index (χ4n) is 1.05. The van der Waals surface area contributed by atoms with Gasteiger partial charge in [0.1, 0.15) is 0 Å². The highest BCUT2D eigenvalue weighted by Crippen LogP contribution is 2.30. The van der Waals surface area contributed by atoms with Crippen LogP contribution in [0.25, 0.3) is 0 Å². The molecular formula is C10H16F4OS. The van der Waals surface area contributed by atoms with Crippen LogP contribution in [0.1, 0.15) is 32.6 Å². The summed E-state index contributed by atoms with van der Waals surface area (Å²) in [6, 6.07) is 0. The van der Waals surface area contributed by atoms with Crippen molar-refractivity contribution in [3.05, 3.63) is 0 Å². The number of hydrogen-bond acceptors (Lipinski definition) is 2. The van der Waals surface area contributed by atoms with Gasteiger partial charge in [0, 0.05) is 18.6 Å². The highest BCUT2D eigenvalue weighted by atomic mass is 32.2. The first-order chi connectivity index (χ1) is 7.44. The summed E-state index contributed by atoms with van der Waals surface area (Å²) in [5.41, 5.74) is 0. The van der Waals surface area contributed by atoms with Gasteiger partial charge in [-0.15, -0.1) is 0 Å². The average molecular weight is 260 g/mol. The monoisotopic (exact) mass is 260 g/mol. The molecule has 0 aromatic rings. The van der Waals surface area contributed by atoms with Crippen molar-refractivity contribution in [2.45, 2.75) is 44.7 Å². The van der Waals surface area contributed by atoms with Gasteiger partial charge in [0.15, 0.2) is 11.3 Å². The van der Waals surface area contributed by atoms with Crippen LogP contribution in [0.4, 0.5) is 17.6 Å². The summed E-state index contributed by atoms with van der Waals surface area (Å²) in [5, 5.41) is -0.140. The molecule has 1 unspecified atom stereocenters. The second-order valence-electron chi connectivity index (χ2n) is 3.38. The highest BCUT2D eigenvalue weighted by Gasteiger charge is 2.38. The second-order valence-corrected chi connectivity index (χ2v) is 4.54. The molecule has 0 aliphatic heterocycles. The summed E-state index contributed by atoms with van der Waals surface area (Å²) >= 11 is 0.858. The van der Waals surface area contributed by atoms with Crippen LogP contribution in [0.3, 0.4) is 0 Å². The molecule has 0 saturated carbocycles. The molecule has 1 atom stereocenters. The molecule has 1 nitrogen and oxygen atoms in total. The topological polar surface area (TPSA) is 17.1 Å². The van der Waals surface area contributed by atoms with Crippen LogP contribution in [0, 0.1) is 0 Å². The van der Waals surface area contributed by atoms with Crippen LogP contribution in [-0.2, 0) is 4.79 Å². The lowest BCUT2D eigenvalue weighted by Crippen LogP contribution is -2.30. The molecule has 6 heteroatoms. The third-order valence-corrected chi connectivity index (χ3v) is 3.08. The normalized spacial score (nSPS) is 13.8. The number of carbonyl (C=O) groups excluding carboxylic acids is 1. The van der Waals surface area contributed by atoms with Crippen molar-refractivity contribution < 1.29 is 22.4 Å². The second kappa shape index (κ2) is 7.92. The molecule has 0 aliphatic rings. The summed E-state index contributed by atoms with van der Waals surface area (Å²) in [5.74, 6) is -3.44. The third-order valence-electron chi connectivity index (χ3n) is 2.03. The molecule has 0 heterocycles. The van der Waals surface area contributed by atoms with Gasteiger partial charge in [0.2, 0.25) is 0 Å². The zero-order valence-corrected chi connectivity index (χ0v) is 9.96. The summed E-state index contributed by atoms with van der Waals surface area (Å²) in [6.07, 6.45) is -3.49. The molecule has 16 heavy (non-hydrogen) atoms. The SMILES string of the molecule is CCC(=O)SCCC(F)C(F)(F)CCCF. The fourth-order valence-corrected chi connectivity index (χ4v) is 1.81. The van der Waals surface area contributed by atoms with Gasteiger partial charge in [-0.1, -0.05) is 18.7 Å². The Kier molecular flexibility index (Phi) is 7.80. The highest BCUT2D eigenvalue weighted by molar-refractivity contribution is 8.13. The quantitative estimate of drug-likeness (QED) is 0.618. The Bertz CT molecular complexity index is 211. The minimum absolute atomic E-state index is 0.0407. The van der Waals surface area contributed by atoms with Gasteiger partial charge in [-0.05, 0) is 12.8 Å². The molecule has 0 amide bonds. The van der Waals surface area contributed by atoms with Gasteiger partial charge < -0.3 is 0 Å². The molecule has 0 rings (SSSR count). The van der Waals surface area contributed by atoms with Gasteiger partial charge in [-0.25, -0.2) is 13.2 Å². The molecule has 0 radical (unpaired) electrons. The van der Waals surface area contributed by atoms with Crippen molar-refractivity contribution in [1.82, 2.24) is 0 Å². The molecule has 0 saturated heterocycles. The van der Waals surface area contributed by atoms with E-state index >= 15 is 0 Å².